The first-order valence-electron chi connectivity index (χ1n) is 11.3. The molecule has 196 valence electrons. The molecule has 0 bridgehead atoms. The molecule has 3 N–H and O–H groups in total. The molecular formula is C24H25Cl2N5O6. The van der Waals surface area contributed by atoms with Gasteiger partial charge in [0, 0.05) is 24.0 Å². The van der Waals surface area contributed by atoms with Crippen molar-refractivity contribution in [2.45, 2.75) is 31.7 Å². The highest BCUT2D eigenvalue weighted by molar-refractivity contribution is 6.39. The molecule has 1 heterocycles. The highest BCUT2D eigenvalue weighted by Crippen LogP contribution is 2.33. The summed E-state index contributed by atoms with van der Waals surface area (Å²) < 4.78 is 5.29. The Morgan fingerprint density at radius 3 is 2.51 bits per heavy atom. The lowest BCUT2D eigenvalue weighted by atomic mass is 10.1. The van der Waals surface area contributed by atoms with E-state index in [-0.39, 0.29) is 26.1 Å². The lowest BCUT2D eigenvalue weighted by molar-refractivity contribution is -0.757. The molecule has 1 atom stereocenters. The third-order valence-corrected chi connectivity index (χ3v) is 5.80. The second kappa shape index (κ2) is 14.0. The van der Waals surface area contributed by atoms with Gasteiger partial charge in [-0.25, -0.2) is 9.78 Å². The van der Waals surface area contributed by atoms with Crippen molar-refractivity contribution in [3.8, 4) is 0 Å². The maximum absolute atomic E-state index is 13.0. The van der Waals surface area contributed by atoms with Crippen molar-refractivity contribution in [1.82, 2.24) is 15.3 Å². The average molecular weight is 550 g/mol. The standard InChI is InChI=1S/C24H25Cl2N5O6/c25-18-7-5-8-19(26)23(18)30-20-9-2-1-6-16(20)12-22(32)29-21(13-17-14-27-15-28-17)24(33)36-10-3-4-11-37-31(34)35/h1-2,5-9,14-15,21,30H,3-4,10-13H2,(H,27,28)(H,29,32)/t21-/m0/s1. The molecule has 0 saturated heterocycles. The van der Waals surface area contributed by atoms with Crippen molar-refractivity contribution >= 4 is 46.5 Å². The van der Waals surface area contributed by atoms with Gasteiger partial charge in [0.15, 0.2) is 0 Å². The summed E-state index contributed by atoms with van der Waals surface area (Å²) in [6, 6.07) is 11.3. The molecule has 0 fully saturated rings. The number of hydrogen-bond acceptors (Lipinski definition) is 8. The number of para-hydroxylation sites is 2. The minimum Gasteiger partial charge on any atom is -0.464 e. The molecule has 0 aliphatic carbocycles. The van der Waals surface area contributed by atoms with Crippen LogP contribution in [0.15, 0.2) is 55.0 Å². The van der Waals surface area contributed by atoms with Gasteiger partial charge in [-0.1, -0.05) is 47.5 Å². The van der Waals surface area contributed by atoms with E-state index >= 15 is 0 Å². The molecule has 11 nitrogen and oxygen atoms in total. The van der Waals surface area contributed by atoms with Gasteiger partial charge in [0.05, 0.1) is 41.7 Å². The molecule has 37 heavy (non-hydrogen) atoms. The topological polar surface area (TPSA) is 148 Å². The zero-order valence-electron chi connectivity index (χ0n) is 19.6. The van der Waals surface area contributed by atoms with Gasteiger partial charge in [-0.2, -0.15) is 0 Å². The number of ether oxygens (including phenoxy) is 1. The number of aromatic nitrogens is 2. The van der Waals surface area contributed by atoms with Gasteiger partial charge in [0.25, 0.3) is 5.09 Å². The van der Waals surface area contributed by atoms with Gasteiger partial charge in [0.2, 0.25) is 5.91 Å². The number of esters is 1. The predicted octanol–water partition coefficient (Wildman–Crippen LogP) is 4.26. The zero-order chi connectivity index (χ0) is 26.6. The Hall–Kier alpha value is -3.83. The molecule has 0 saturated carbocycles. The van der Waals surface area contributed by atoms with Crippen LogP contribution in [0.25, 0.3) is 0 Å². The minimum atomic E-state index is -0.971. The molecule has 0 spiro atoms. The van der Waals surface area contributed by atoms with Crippen molar-refractivity contribution in [3.63, 3.8) is 0 Å². The molecule has 3 aromatic rings. The number of carbonyl (C=O) groups excluding carboxylic acids is 2. The molecular weight excluding hydrogens is 525 g/mol. The van der Waals surface area contributed by atoms with Crippen LogP contribution in [0.4, 0.5) is 11.4 Å². The Labute approximate surface area is 222 Å². The van der Waals surface area contributed by atoms with Crippen LogP contribution in [0.1, 0.15) is 24.1 Å². The number of unbranched alkanes of at least 4 members (excludes halogenated alkanes) is 1. The number of H-pyrrole nitrogens is 1. The van der Waals surface area contributed by atoms with Crippen molar-refractivity contribution in [1.29, 1.82) is 0 Å². The monoisotopic (exact) mass is 549 g/mol. The van der Waals surface area contributed by atoms with E-state index in [0.717, 1.165) is 0 Å². The van der Waals surface area contributed by atoms with Gasteiger partial charge in [-0.3, -0.25) is 4.79 Å². The molecule has 1 amide bonds. The van der Waals surface area contributed by atoms with Crippen LogP contribution < -0.4 is 10.6 Å². The summed E-state index contributed by atoms with van der Waals surface area (Å²) in [6.07, 6.45) is 3.84. The largest absolute Gasteiger partial charge is 0.464 e. The first-order valence-corrected chi connectivity index (χ1v) is 12.1. The van der Waals surface area contributed by atoms with Crippen molar-refractivity contribution in [3.05, 3.63) is 86.4 Å². The number of rotatable bonds is 14. The van der Waals surface area contributed by atoms with Crippen molar-refractivity contribution in [2.24, 2.45) is 0 Å². The van der Waals surface area contributed by atoms with Crippen LogP contribution in [0.3, 0.4) is 0 Å². The van der Waals surface area contributed by atoms with E-state index in [2.05, 4.69) is 25.4 Å². The number of hydrogen-bond donors (Lipinski definition) is 3. The number of benzene rings is 2. The normalized spacial score (nSPS) is 11.4. The minimum absolute atomic E-state index is 0.0284. The Morgan fingerprint density at radius 1 is 1.08 bits per heavy atom. The molecule has 3 rings (SSSR count). The SMILES string of the molecule is O=C(Cc1ccccc1Nc1c(Cl)cccc1Cl)N[C@@H](Cc1cnc[nH]1)C(=O)OCCCCO[N+](=O)[O-]. The number of aromatic amines is 1. The average Bonchev–Trinajstić information content (AvgIpc) is 3.37. The van der Waals surface area contributed by atoms with Gasteiger partial charge < -0.3 is 25.2 Å². The summed E-state index contributed by atoms with van der Waals surface area (Å²) in [4.78, 5) is 47.0. The molecule has 0 aliphatic rings. The van der Waals surface area contributed by atoms with Gasteiger partial charge in [-0.05, 0) is 36.6 Å². The smallest absolute Gasteiger partial charge is 0.329 e. The second-order valence-electron chi connectivity index (χ2n) is 7.89. The van der Waals surface area contributed by atoms with E-state index in [4.69, 9.17) is 27.9 Å². The first-order chi connectivity index (χ1) is 17.8. The van der Waals surface area contributed by atoms with E-state index in [1.54, 1.807) is 42.6 Å². The Morgan fingerprint density at radius 2 is 1.81 bits per heavy atom. The van der Waals surface area contributed by atoms with Crippen LogP contribution in [0.5, 0.6) is 0 Å². The van der Waals surface area contributed by atoms with Crippen molar-refractivity contribution in [2.75, 3.05) is 18.5 Å². The first kappa shape index (κ1) is 27.8. The number of nitrogens with one attached hydrogen (secondary N) is 3. The zero-order valence-corrected chi connectivity index (χ0v) is 21.1. The number of halogens is 2. The Kier molecular flexibility index (Phi) is 10.5. The maximum atomic E-state index is 13.0. The Balaban J connectivity index is 1.63. The van der Waals surface area contributed by atoms with Crippen LogP contribution in [-0.4, -0.2) is 46.2 Å². The molecule has 0 aliphatic heterocycles. The van der Waals surface area contributed by atoms with Crippen LogP contribution in [0.2, 0.25) is 10.0 Å². The predicted molar refractivity (Wildman–Crippen MR) is 137 cm³/mol. The fraction of sp³-hybridized carbons (Fsp3) is 0.292. The third-order valence-electron chi connectivity index (χ3n) is 5.17. The molecule has 1 aromatic heterocycles. The summed E-state index contributed by atoms with van der Waals surface area (Å²) >= 11 is 12.5. The highest BCUT2D eigenvalue weighted by atomic mass is 35.5. The summed E-state index contributed by atoms with van der Waals surface area (Å²) in [5.41, 5.74) is 2.45. The van der Waals surface area contributed by atoms with E-state index in [0.29, 0.717) is 45.5 Å². The van der Waals surface area contributed by atoms with Crippen molar-refractivity contribution < 1.29 is 24.3 Å². The van der Waals surface area contributed by atoms with E-state index in [9.17, 15) is 19.7 Å². The van der Waals surface area contributed by atoms with Crippen LogP contribution in [-0.2, 0) is 32.0 Å². The van der Waals surface area contributed by atoms with Crippen LogP contribution in [0, 0.1) is 10.1 Å². The molecule has 0 unspecified atom stereocenters. The molecule has 0 radical (unpaired) electrons. The lowest BCUT2D eigenvalue weighted by Crippen LogP contribution is -2.44. The molecule has 2 aromatic carbocycles. The van der Waals surface area contributed by atoms with Gasteiger partial charge >= 0.3 is 5.97 Å². The fourth-order valence-corrected chi connectivity index (χ4v) is 3.88. The summed E-state index contributed by atoms with van der Waals surface area (Å²) in [7, 11) is 0. The number of imidazole rings is 1. The lowest BCUT2D eigenvalue weighted by Gasteiger charge is -2.18. The maximum Gasteiger partial charge on any atom is 0.329 e. The number of nitrogens with zero attached hydrogens (tertiary/aromatic N) is 2. The van der Waals surface area contributed by atoms with Crippen LogP contribution >= 0.6 is 23.2 Å². The Bertz CT molecular complexity index is 1190. The number of anilines is 2. The summed E-state index contributed by atoms with van der Waals surface area (Å²) in [6.45, 7) is -0.0632. The molecule has 13 heteroatoms. The third kappa shape index (κ3) is 8.96. The van der Waals surface area contributed by atoms with E-state index < -0.39 is 23.0 Å². The van der Waals surface area contributed by atoms with E-state index in [1.165, 1.54) is 6.33 Å². The number of amides is 1. The second-order valence-corrected chi connectivity index (χ2v) is 8.70. The quantitative estimate of drug-likeness (QED) is 0.117. The summed E-state index contributed by atoms with van der Waals surface area (Å²) in [5.74, 6) is -1.03. The number of carbonyl (C=O) groups is 2. The summed E-state index contributed by atoms with van der Waals surface area (Å²) in [5, 5.41) is 16.1. The fourth-order valence-electron chi connectivity index (χ4n) is 3.39. The van der Waals surface area contributed by atoms with Gasteiger partial charge in [0.1, 0.15) is 6.04 Å². The highest BCUT2D eigenvalue weighted by Gasteiger charge is 2.24. The van der Waals surface area contributed by atoms with E-state index in [1.807, 2.05) is 6.07 Å². The van der Waals surface area contributed by atoms with Gasteiger partial charge in [-0.15, -0.1) is 10.1 Å².